The van der Waals surface area contributed by atoms with Gasteiger partial charge >= 0.3 is 0 Å². The van der Waals surface area contributed by atoms with Crippen LogP contribution in [0.3, 0.4) is 0 Å². The Labute approximate surface area is 101 Å². The van der Waals surface area contributed by atoms with Gasteiger partial charge in [-0.3, -0.25) is 0 Å². The summed E-state index contributed by atoms with van der Waals surface area (Å²) in [6.07, 6.45) is 1.02. The summed E-state index contributed by atoms with van der Waals surface area (Å²) in [5.74, 6) is 0.0454. The van der Waals surface area contributed by atoms with Gasteiger partial charge < -0.3 is 10.1 Å². The van der Waals surface area contributed by atoms with Crippen LogP contribution in [0.15, 0.2) is 18.2 Å². The number of alkyl halides is 1. The maximum atomic E-state index is 13.1. The van der Waals surface area contributed by atoms with Gasteiger partial charge in [0.15, 0.2) is 0 Å². The number of benzene rings is 1. The third-order valence-electron chi connectivity index (χ3n) is 2.48. The normalized spacial score (nSPS) is 12.5. The van der Waals surface area contributed by atoms with Crippen LogP contribution in [0.4, 0.5) is 8.78 Å². The van der Waals surface area contributed by atoms with E-state index in [1.165, 1.54) is 12.1 Å². The van der Waals surface area contributed by atoms with E-state index in [0.717, 1.165) is 18.5 Å². The van der Waals surface area contributed by atoms with Gasteiger partial charge in [0.05, 0.1) is 0 Å². The van der Waals surface area contributed by atoms with Crippen LogP contribution in [0.1, 0.15) is 31.9 Å². The number of nitrogens with one attached hydrogen (secondary N) is 1. The van der Waals surface area contributed by atoms with Crippen LogP contribution in [0, 0.1) is 5.82 Å². The van der Waals surface area contributed by atoms with Gasteiger partial charge in [-0.2, -0.15) is 0 Å². The van der Waals surface area contributed by atoms with Crippen molar-refractivity contribution in [1.82, 2.24) is 5.32 Å². The van der Waals surface area contributed by atoms with E-state index in [2.05, 4.69) is 12.2 Å². The fraction of sp³-hybridized carbons (Fsp3) is 0.538. The van der Waals surface area contributed by atoms with Crippen molar-refractivity contribution in [3.8, 4) is 5.75 Å². The number of ether oxygens (including phenoxy) is 1. The topological polar surface area (TPSA) is 21.3 Å². The Morgan fingerprint density at radius 3 is 2.82 bits per heavy atom. The standard InChI is InChI=1S/C13H19F2NO/c1-3-7-16-10(2)12-5-4-11(15)9-13(12)17-8-6-14/h4-5,9-10,16H,3,6-8H2,1-2H3. The molecule has 0 spiro atoms. The first-order valence-electron chi connectivity index (χ1n) is 5.90. The van der Waals surface area contributed by atoms with Crippen LogP contribution >= 0.6 is 0 Å². The molecule has 0 aliphatic rings. The molecule has 0 saturated heterocycles. The van der Waals surface area contributed by atoms with Crippen LogP contribution in [-0.4, -0.2) is 19.8 Å². The molecular formula is C13H19F2NO. The maximum absolute atomic E-state index is 13.1. The highest BCUT2D eigenvalue weighted by Crippen LogP contribution is 2.26. The van der Waals surface area contributed by atoms with Crippen molar-refractivity contribution in [1.29, 1.82) is 0 Å². The number of rotatable bonds is 7. The molecule has 0 radical (unpaired) electrons. The largest absolute Gasteiger partial charge is 0.490 e. The lowest BCUT2D eigenvalue weighted by Crippen LogP contribution is -2.20. The Morgan fingerprint density at radius 1 is 1.41 bits per heavy atom. The molecular weight excluding hydrogens is 224 g/mol. The lowest BCUT2D eigenvalue weighted by Gasteiger charge is -2.17. The second-order valence-electron chi connectivity index (χ2n) is 3.90. The average molecular weight is 243 g/mol. The van der Waals surface area contributed by atoms with Crippen LogP contribution in [-0.2, 0) is 0 Å². The van der Waals surface area contributed by atoms with E-state index in [1.807, 2.05) is 6.92 Å². The molecule has 0 aliphatic heterocycles. The van der Waals surface area contributed by atoms with Gasteiger partial charge in [0.25, 0.3) is 0 Å². The second-order valence-corrected chi connectivity index (χ2v) is 3.90. The fourth-order valence-corrected chi connectivity index (χ4v) is 1.61. The quantitative estimate of drug-likeness (QED) is 0.793. The summed E-state index contributed by atoms with van der Waals surface area (Å²) in [5, 5.41) is 3.29. The van der Waals surface area contributed by atoms with Crippen molar-refractivity contribution in [3.63, 3.8) is 0 Å². The Kier molecular flexibility index (Phi) is 5.91. The third kappa shape index (κ3) is 4.30. The molecule has 0 fully saturated rings. The minimum absolute atomic E-state index is 0.0447. The average Bonchev–Trinajstić information content (AvgIpc) is 2.33. The van der Waals surface area contributed by atoms with E-state index < -0.39 is 6.67 Å². The van der Waals surface area contributed by atoms with Crippen LogP contribution in [0.25, 0.3) is 0 Å². The molecule has 96 valence electrons. The van der Waals surface area contributed by atoms with E-state index in [0.29, 0.717) is 5.75 Å². The molecule has 0 aromatic heterocycles. The number of halogens is 2. The molecule has 1 aromatic carbocycles. The van der Waals surface area contributed by atoms with Gasteiger partial charge in [-0.15, -0.1) is 0 Å². The van der Waals surface area contributed by atoms with Gasteiger partial charge in [0.2, 0.25) is 0 Å². The molecule has 4 heteroatoms. The highest BCUT2D eigenvalue weighted by Gasteiger charge is 2.12. The van der Waals surface area contributed by atoms with E-state index in [4.69, 9.17) is 4.74 Å². The molecule has 0 heterocycles. The first-order chi connectivity index (χ1) is 8.19. The Bertz CT molecular complexity index is 344. The minimum atomic E-state index is -0.577. The molecule has 0 aliphatic carbocycles. The Balaban J connectivity index is 2.80. The number of hydrogen-bond donors (Lipinski definition) is 1. The summed E-state index contributed by atoms with van der Waals surface area (Å²) in [4.78, 5) is 0. The van der Waals surface area contributed by atoms with Crippen molar-refractivity contribution in [2.75, 3.05) is 19.8 Å². The number of hydrogen-bond acceptors (Lipinski definition) is 2. The van der Waals surface area contributed by atoms with Gasteiger partial charge in [-0.1, -0.05) is 13.0 Å². The molecule has 1 atom stereocenters. The van der Waals surface area contributed by atoms with E-state index in [-0.39, 0.29) is 18.5 Å². The van der Waals surface area contributed by atoms with Crippen LogP contribution < -0.4 is 10.1 Å². The molecule has 1 rings (SSSR count). The predicted octanol–water partition coefficient (Wildman–Crippen LogP) is 3.23. The minimum Gasteiger partial charge on any atom is -0.490 e. The van der Waals surface area contributed by atoms with Crippen LogP contribution in [0.5, 0.6) is 5.75 Å². The molecule has 1 aromatic rings. The zero-order valence-corrected chi connectivity index (χ0v) is 10.3. The Hall–Kier alpha value is -1.16. The third-order valence-corrected chi connectivity index (χ3v) is 2.48. The second kappa shape index (κ2) is 7.22. The molecule has 1 N–H and O–H groups in total. The van der Waals surface area contributed by atoms with Gasteiger partial charge in [0.1, 0.15) is 24.8 Å². The van der Waals surface area contributed by atoms with Crippen molar-refractivity contribution in [2.45, 2.75) is 26.3 Å². The lowest BCUT2D eigenvalue weighted by molar-refractivity contribution is 0.268. The molecule has 0 bridgehead atoms. The van der Waals surface area contributed by atoms with E-state index in [1.54, 1.807) is 6.07 Å². The van der Waals surface area contributed by atoms with Crippen LogP contribution in [0.2, 0.25) is 0 Å². The summed E-state index contributed by atoms with van der Waals surface area (Å²) in [5.41, 5.74) is 0.855. The van der Waals surface area contributed by atoms with Gasteiger partial charge in [0, 0.05) is 17.7 Å². The van der Waals surface area contributed by atoms with E-state index >= 15 is 0 Å². The van der Waals surface area contributed by atoms with Crippen molar-refractivity contribution in [2.24, 2.45) is 0 Å². The summed E-state index contributed by atoms with van der Waals surface area (Å²) >= 11 is 0. The Morgan fingerprint density at radius 2 is 2.18 bits per heavy atom. The van der Waals surface area contributed by atoms with Gasteiger partial charge in [-0.05, 0) is 26.0 Å². The maximum Gasteiger partial charge on any atom is 0.127 e. The molecule has 2 nitrogen and oxygen atoms in total. The SMILES string of the molecule is CCCNC(C)c1ccc(F)cc1OCCF. The monoisotopic (exact) mass is 243 g/mol. The zero-order chi connectivity index (χ0) is 12.7. The smallest absolute Gasteiger partial charge is 0.127 e. The molecule has 0 saturated carbocycles. The van der Waals surface area contributed by atoms with E-state index in [9.17, 15) is 8.78 Å². The van der Waals surface area contributed by atoms with Crippen molar-refractivity contribution >= 4 is 0 Å². The van der Waals surface area contributed by atoms with Gasteiger partial charge in [-0.25, -0.2) is 8.78 Å². The fourth-order valence-electron chi connectivity index (χ4n) is 1.61. The zero-order valence-electron chi connectivity index (χ0n) is 10.3. The molecule has 17 heavy (non-hydrogen) atoms. The summed E-state index contributed by atoms with van der Waals surface area (Å²) < 4.78 is 30.4. The summed E-state index contributed by atoms with van der Waals surface area (Å²) in [6.45, 7) is 4.31. The molecule has 1 unspecified atom stereocenters. The highest BCUT2D eigenvalue weighted by atomic mass is 19.1. The predicted molar refractivity (Wildman–Crippen MR) is 64.6 cm³/mol. The summed E-state index contributed by atoms with van der Waals surface area (Å²) in [6, 6.07) is 4.43. The molecule has 0 amide bonds. The van der Waals surface area contributed by atoms with Crippen molar-refractivity contribution in [3.05, 3.63) is 29.6 Å². The first-order valence-corrected chi connectivity index (χ1v) is 5.90. The highest BCUT2D eigenvalue weighted by molar-refractivity contribution is 5.36. The lowest BCUT2D eigenvalue weighted by atomic mass is 10.1. The first kappa shape index (κ1) is 13.9. The van der Waals surface area contributed by atoms with Crippen molar-refractivity contribution < 1.29 is 13.5 Å². The summed E-state index contributed by atoms with van der Waals surface area (Å²) in [7, 11) is 0.